The Kier molecular flexibility index (Phi) is 4.56. The van der Waals surface area contributed by atoms with Crippen LogP contribution in [0.3, 0.4) is 0 Å². The van der Waals surface area contributed by atoms with E-state index in [0.717, 1.165) is 25.4 Å². The van der Waals surface area contributed by atoms with Gasteiger partial charge in [-0.25, -0.2) is 0 Å². The molecule has 1 saturated heterocycles. The average molecular weight is 335 g/mol. The number of likely N-dealkylation sites (tertiary alicyclic amines) is 1. The minimum atomic E-state index is 0.254. The van der Waals surface area contributed by atoms with Gasteiger partial charge in [0, 0.05) is 25.0 Å². The van der Waals surface area contributed by atoms with Crippen molar-refractivity contribution in [3.8, 4) is 5.75 Å². The van der Waals surface area contributed by atoms with Gasteiger partial charge in [0.05, 0.1) is 0 Å². The first kappa shape index (κ1) is 16.7. The van der Waals surface area contributed by atoms with Gasteiger partial charge in [0.15, 0.2) is 0 Å². The van der Waals surface area contributed by atoms with Gasteiger partial charge in [-0.05, 0) is 55.4 Å². The molecule has 0 radical (unpaired) electrons. The summed E-state index contributed by atoms with van der Waals surface area (Å²) < 4.78 is 0. The monoisotopic (exact) mass is 335 g/mol. The molecule has 2 aromatic carbocycles. The maximum atomic E-state index is 9.99. The minimum absolute atomic E-state index is 0.254. The van der Waals surface area contributed by atoms with E-state index in [-0.39, 0.29) is 5.41 Å². The van der Waals surface area contributed by atoms with Crippen LogP contribution in [0, 0.1) is 12.8 Å². The lowest BCUT2D eigenvalue weighted by molar-refractivity contribution is 0.240. The van der Waals surface area contributed by atoms with Crippen LogP contribution in [0.4, 0.5) is 0 Å². The van der Waals surface area contributed by atoms with Crippen molar-refractivity contribution >= 4 is 0 Å². The molecule has 2 aliphatic rings. The molecule has 0 aromatic heterocycles. The van der Waals surface area contributed by atoms with E-state index >= 15 is 0 Å². The zero-order chi connectivity index (χ0) is 17.3. The van der Waals surface area contributed by atoms with Crippen LogP contribution in [0.5, 0.6) is 5.75 Å². The summed E-state index contributed by atoms with van der Waals surface area (Å²) in [4.78, 5) is 2.67. The molecule has 0 bridgehead atoms. The molecule has 2 heteroatoms. The third kappa shape index (κ3) is 3.32. The van der Waals surface area contributed by atoms with Crippen LogP contribution < -0.4 is 0 Å². The van der Waals surface area contributed by atoms with Gasteiger partial charge in [0.1, 0.15) is 5.75 Å². The van der Waals surface area contributed by atoms with Crippen molar-refractivity contribution in [1.29, 1.82) is 0 Å². The third-order valence-electron chi connectivity index (χ3n) is 6.45. The Morgan fingerprint density at radius 3 is 2.76 bits per heavy atom. The maximum absolute atomic E-state index is 9.99. The molecular formula is C23H29NO. The minimum Gasteiger partial charge on any atom is -0.508 e. The van der Waals surface area contributed by atoms with Crippen LogP contribution in [0.25, 0.3) is 0 Å². The van der Waals surface area contributed by atoms with Gasteiger partial charge in [0.25, 0.3) is 0 Å². The number of phenolic OH excluding ortho intramolecular Hbond substituents is 1. The first-order chi connectivity index (χ1) is 12.2. The number of fused-ring (bicyclic) bond motifs is 1. The number of phenols is 1. The van der Waals surface area contributed by atoms with E-state index in [4.69, 9.17) is 0 Å². The van der Waals surface area contributed by atoms with Crippen molar-refractivity contribution < 1.29 is 5.11 Å². The second-order valence-electron chi connectivity index (χ2n) is 8.12. The number of rotatable bonds is 4. The standard InChI is InChI=1S/C23H29NO/c1-18-8-10-19(11-9-18)12-14-24-16-21-5-2-3-13-23(21,17-24)20-6-4-7-22(25)15-20/h4,6-11,15,21,25H,2-3,5,12-14,16-17H2,1H3. The van der Waals surface area contributed by atoms with E-state index in [1.54, 1.807) is 6.07 Å². The fourth-order valence-electron chi connectivity index (χ4n) is 5.06. The Morgan fingerprint density at radius 1 is 1.12 bits per heavy atom. The summed E-state index contributed by atoms with van der Waals surface area (Å²) in [6.45, 7) is 5.64. The normalized spacial score (nSPS) is 26.5. The number of aryl methyl sites for hydroxylation is 1. The van der Waals surface area contributed by atoms with Crippen molar-refractivity contribution in [2.24, 2.45) is 5.92 Å². The second kappa shape index (κ2) is 6.84. The second-order valence-corrected chi connectivity index (χ2v) is 8.12. The maximum Gasteiger partial charge on any atom is 0.115 e. The molecule has 1 saturated carbocycles. The predicted octanol–water partition coefficient (Wildman–Crippen LogP) is 4.69. The van der Waals surface area contributed by atoms with E-state index in [0.29, 0.717) is 5.75 Å². The highest BCUT2D eigenvalue weighted by molar-refractivity contribution is 5.36. The van der Waals surface area contributed by atoms with Gasteiger partial charge >= 0.3 is 0 Å². The van der Waals surface area contributed by atoms with Crippen LogP contribution >= 0.6 is 0 Å². The van der Waals surface area contributed by atoms with E-state index in [9.17, 15) is 5.11 Å². The van der Waals surface area contributed by atoms with Crippen LogP contribution in [0.15, 0.2) is 48.5 Å². The summed E-state index contributed by atoms with van der Waals surface area (Å²) in [5.41, 5.74) is 4.38. The molecule has 1 aliphatic carbocycles. The van der Waals surface area contributed by atoms with Crippen LogP contribution in [-0.2, 0) is 11.8 Å². The van der Waals surface area contributed by atoms with Gasteiger partial charge in [-0.3, -0.25) is 0 Å². The lowest BCUT2D eigenvalue weighted by atomic mass is 9.64. The van der Waals surface area contributed by atoms with E-state index in [1.165, 1.54) is 48.9 Å². The fraction of sp³-hybridized carbons (Fsp3) is 0.478. The summed E-state index contributed by atoms with van der Waals surface area (Å²) in [6, 6.07) is 17.0. The Morgan fingerprint density at radius 2 is 1.96 bits per heavy atom. The average Bonchev–Trinajstić information content (AvgIpc) is 3.01. The smallest absolute Gasteiger partial charge is 0.115 e. The van der Waals surface area contributed by atoms with Crippen LogP contribution in [-0.4, -0.2) is 29.6 Å². The van der Waals surface area contributed by atoms with E-state index in [1.807, 2.05) is 12.1 Å². The number of nitrogens with zero attached hydrogens (tertiary/aromatic N) is 1. The van der Waals surface area contributed by atoms with Gasteiger partial charge in [0.2, 0.25) is 0 Å². The molecule has 4 rings (SSSR count). The summed E-state index contributed by atoms with van der Waals surface area (Å²) in [5.74, 6) is 1.15. The molecule has 0 amide bonds. The van der Waals surface area contributed by atoms with Crippen LogP contribution in [0.2, 0.25) is 0 Å². The van der Waals surface area contributed by atoms with Gasteiger partial charge in [-0.2, -0.15) is 0 Å². The molecule has 1 N–H and O–H groups in total. The summed E-state index contributed by atoms with van der Waals surface area (Å²) in [7, 11) is 0. The molecule has 2 nitrogen and oxygen atoms in total. The molecule has 0 spiro atoms. The highest BCUT2D eigenvalue weighted by Crippen LogP contribution is 2.49. The molecule has 2 aromatic rings. The first-order valence-corrected chi connectivity index (χ1v) is 9.73. The Labute approximate surface area is 151 Å². The number of hydrogen-bond donors (Lipinski definition) is 1. The molecule has 2 unspecified atom stereocenters. The molecule has 132 valence electrons. The van der Waals surface area contributed by atoms with Gasteiger partial charge in [-0.15, -0.1) is 0 Å². The highest BCUT2D eigenvalue weighted by Gasteiger charge is 2.48. The van der Waals surface area contributed by atoms with Crippen molar-refractivity contribution in [3.63, 3.8) is 0 Å². The molecule has 2 fully saturated rings. The van der Waals surface area contributed by atoms with Crippen molar-refractivity contribution in [2.75, 3.05) is 19.6 Å². The third-order valence-corrected chi connectivity index (χ3v) is 6.45. The van der Waals surface area contributed by atoms with E-state index in [2.05, 4.69) is 42.2 Å². The fourth-order valence-corrected chi connectivity index (χ4v) is 5.06. The largest absolute Gasteiger partial charge is 0.508 e. The lowest BCUT2D eigenvalue weighted by Gasteiger charge is -2.39. The van der Waals surface area contributed by atoms with Crippen molar-refractivity contribution in [1.82, 2.24) is 4.90 Å². The quantitative estimate of drug-likeness (QED) is 0.876. The lowest BCUT2D eigenvalue weighted by Crippen LogP contribution is -2.38. The topological polar surface area (TPSA) is 23.5 Å². The number of hydrogen-bond acceptors (Lipinski definition) is 2. The number of benzene rings is 2. The van der Waals surface area contributed by atoms with Crippen molar-refractivity contribution in [3.05, 3.63) is 65.2 Å². The van der Waals surface area contributed by atoms with Gasteiger partial charge in [-0.1, -0.05) is 54.8 Å². The van der Waals surface area contributed by atoms with Gasteiger partial charge < -0.3 is 10.0 Å². The number of aromatic hydroxyl groups is 1. The summed E-state index contributed by atoms with van der Waals surface area (Å²) in [6.07, 6.45) is 6.40. The highest BCUT2D eigenvalue weighted by atomic mass is 16.3. The Balaban J connectivity index is 1.50. The van der Waals surface area contributed by atoms with Crippen molar-refractivity contribution in [2.45, 2.75) is 44.4 Å². The first-order valence-electron chi connectivity index (χ1n) is 9.73. The zero-order valence-corrected chi connectivity index (χ0v) is 15.2. The molecular weight excluding hydrogens is 306 g/mol. The SMILES string of the molecule is Cc1ccc(CCN2CC3CCCCC3(c3cccc(O)c3)C2)cc1. The summed E-state index contributed by atoms with van der Waals surface area (Å²) in [5, 5.41) is 9.99. The van der Waals surface area contributed by atoms with Crippen LogP contribution in [0.1, 0.15) is 42.4 Å². The zero-order valence-electron chi connectivity index (χ0n) is 15.2. The molecule has 1 heterocycles. The predicted molar refractivity (Wildman–Crippen MR) is 103 cm³/mol. The molecule has 25 heavy (non-hydrogen) atoms. The summed E-state index contributed by atoms with van der Waals surface area (Å²) >= 11 is 0. The van der Waals surface area contributed by atoms with E-state index < -0.39 is 0 Å². The Hall–Kier alpha value is -1.80. The Bertz CT molecular complexity index is 723. The molecule has 2 atom stereocenters. The molecule has 1 aliphatic heterocycles.